The van der Waals surface area contributed by atoms with Crippen molar-refractivity contribution in [2.24, 2.45) is 0 Å². The van der Waals surface area contributed by atoms with Gasteiger partial charge >= 0.3 is 0 Å². The Bertz CT molecular complexity index is 359. The summed E-state index contributed by atoms with van der Waals surface area (Å²) < 4.78 is 0. The van der Waals surface area contributed by atoms with E-state index in [9.17, 15) is 5.11 Å². The zero-order chi connectivity index (χ0) is 10.8. The number of pyridine rings is 1. The molecule has 0 spiro atoms. The van der Waals surface area contributed by atoms with Crippen molar-refractivity contribution < 1.29 is 5.11 Å². The Morgan fingerprint density at radius 1 is 1.53 bits per heavy atom. The van der Waals surface area contributed by atoms with Crippen molar-refractivity contribution in [2.75, 3.05) is 13.1 Å². The molecule has 3 nitrogen and oxygen atoms in total. The van der Waals surface area contributed by atoms with Crippen molar-refractivity contribution in [2.45, 2.75) is 19.1 Å². The van der Waals surface area contributed by atoms with Gasteiger partial charge in [0, 0.05) is 36.4 Å². The van der Waals surface area contributed by atoms with Gasteiger partial charge in [-0.05, 0) is 12.5 Å². The fourth-order valence-electron chi connectivity index (χ4n) is 1.75. The molecule has 1 saturated heterocycles. The summed E-state index contributed by atoms with van der Waals surface area (Å²) >= 11 is 11.7. The van der Waals surface area contributed by atoms with Crippen LogP contribution >= 0.6 is 23.2 Å². The highest BCUT2D eigenvalue weighted by atomic mass is 35.5. The van der Waals surface area contributed by atoms with Crippen LogP contribution in [0.15, 0.2) is 12.3 Å². The van der Waals surface area contributed by atoms with Crippen LogP contribution in [0.25, 0.3) is 0 Å². The summed E-state index contributed by atoms with van der Waals surface area (Å²) in [5, 5.41) is 10.4. The standard InChI is InChI=1S/C10H12Cl2N2O/c11-9-3-10(12)13-4-7(9)5-14-2-1-8(15)6-14/h3-4,8,15H,1-2,5-6H2/t8-/m0/s1. The maximum absolute atomic E-state index is 9.38. The monoisotopic (exact) mass is 246 g/mol. The summed E-state index contributed by atoms with van der Waals surface area (Å²) in [6.45, 7) is 2.33. The molecule has 1 aliphatic heterocycles. The predicted octanol–water partition coefficient (Wildman–Crippen LogP) is 1.95. The number of β-amino-alcohol motifs (C(OH)–C–C–N with tert-alkyl or cyclic N) is 1. The zero-order valence-electron chi connectivity index (χ0n) is 8.16. The van der Waals surface area contributed by atoms with Crippen LogP contribution < -0.4 is 0 Å². The minimum Gasteiger partial charge on any atom is -0.392 e. The molecular formula is C10H12Cl2N2O. The predicted molar refractivity (Wildman–Crippen MR) is 60.2 cm³/mol. The Labute approximate surface area is 98.6 Å². The highest BCUT2D eigenvalue weighted by Crippen LogP contribution is 2.21. The first-order valence-corrected chi connectivity index (χ1v) is 5.61. The zero-order valence-corrected chi connectivity index (χ0v) is 9.67. The Morgan fingerprint density at radius 2 is 2.33 bits per heavy atom. The van der Waals surface area contributed by atoms with E-state index in [0.29, 0.717) is 16.7 Å². The van der Waals surface area contributed by atoms with Crippen LogP contribution in [0.2, 0.25) is 10.2 Å². The first-order chi connectivity index (χ1) is 7.15. The molecule has 1 fully saturated rings. The highest BCUT2D eigenvalue weighted by molar-refractivity contribution is 6.34. The van der Waals surface area contributed by atoms with E-state index in [4.69, 9.17) is 23.2 Å². The first-order valence-electron chi connectivity index (χ1n) is 4.85. The molecule has 0 bridgehead atoms. The van der Waals surface area contributed by atoms with Crippen molar-refractivity contribution in [3.8, 4) is 0 Å². The topological polar surface area (TPSA) is 36.4 Å². The van der Waals surface area contributed by atoms with Crippen LogP contribution in [0.4, 0.5) is 0 Å². The summed E-state index contributed by atoms with van der Waals surface area (Å²) in [6, 6.07) is 1.64. The molecule has 0 aliphatic carbocycles. The summed E-state index contributed by atoms with van der Waals surface area (Å²) in [5.41, 5.74) is 0.954. The first kappa shape index (κ1) is 11.1. The second-order valence-corrected chi connectivity index (χ2v) is 4.57. The number of halogens is 2. The molecule has 2 rings (SSSR count). The maximum Gasteiger partial charge on any atom is 0.130 e. The van der Waals surface area contributed by atoms with Gasteiger partial charge in [-0.2, -0.15) is 0 Å². The van der Waals surface area contributed by atoms with Crippen LogP contribution in [-0.2, 0) is 6.54 Å². The SMILES string of the molecule is O[C@H]1CCN(Cc2cnc(Cl)cc2Cl)C1. The third kappa shape index (κ3) is 2.82. The van der Waals surface area contributed by atoms with Crippen LogP contribution in [0.1, 0.15) is 12.0 Å². The van der Waals surface area contributed by atoms with E-state index >= 15 is 0 Å². The van der Waals surface area contributed by atoms with E-state index in [-0.39, 0.29) is 6.10 Å². The maximum atomic E-state index is 9.38. The van der Waals surface area contributed by atoms with Crippen molar-refractivity contribution >= 4 is 23.2 Å². The number of hydrogen-bond acceptors (Lipinski definition) is 3. The molecule has 5 heteroatoms. The van der Waals surface area contributed by atoms with Crippen LogP contribution in [0.3, 0.4) is 0 Å². The number of likely N-dealkylation sites (tertiary alicyclic amines) is 1. The lowest BCUT2D eigenvalue weighted by molar-refractivity contribution is 0.175. The Kier molecular flexibility index (Phi) is 3.46. The number of rotatable bonds is 2. The van der Waals surface area contributed by atoms with Gasteiger partial charge in [0.1, 0.15) is 5.15 Å². The number of aliphatic hydroxyl groups excluding tert-OH is 1. The summed E-state index contributed by atoms with van der Waals surface area (Å²) in [6.07, 6.45) is 2.32. The lowest BCUT2D eigenvalue weighted by Gasteiger charge is -2.15. The Balaban J connectivity index is 2.04. The minimum absolute atomic E-state index is 0.205. The summed E-state index contributed by atoms with van der Waals surface area (Å²) in [7, 11) is 0. The quantitative estimate of drug-likeness (QED) is 0.811. The molecule has 15 heavy (non-hydrogen) atoms. The largest absolute Gasteiger partial charge is 0.392 e. The molecule has 1 atom stereocenters. The second-order valence-electron chi connectivity index (χ2n) is 3.78. The molecule has 2 heterocycles. The summed E-state index contributed by atoms with van der Waals surface area (Å²) in [5.74, 6) is 0. The lowest BCUT2D eigenvalue weighted by atomic mass is 10.2. The number of aliphatic hydroxyl groups is 1. The molecular weight excluding hydrogens is 235 g/mol. The molecule has 0 saturated carbocycles. The molecule has 82 valence electrons. The smallest absolute Gasteiger partial charge is 0.130 e. The van der Waals surface area contributed by atoms with Crippen molar-refractivity contribution in [1.82, 2.24) is 9.88 Å². The molecule has 1 aromatic rings. The highest BCUT2D eigenvalue weighted by Gasteiger charge is 2.20. The van der Waals surface area contributed by atoms with E-state index in [1.807, 2.05) is 0 Å². The average Bonchev–Trinajstić information content (AvgIpc) is 2.56. The van der Waals surface area contributed by atoms with Crippen molar-refractivity contribution in [3.05, 3.63) is 28.0 Å². The molecule has 1 aromatic heterocycles. The van der Waals surface area contributed by atoms with Crippen molar-refractivity contribution in [3.63, 3.8) is 0 Å². The lowest BCUT2D eigenvalue weighted by Crippen LogP contribution is -2.21. The van der Waals surface area contributed by atoms with E-state index in [0.717, 1.165) is 25.1 Å². The van der Waals surface area contributed by atoms with Gasteiger partial charge in [-0.3, -0.25) is 4.90 Å². The van der Waals surface area contributed by atoms with Gasteiger partial charge in [0.25, 0.3) is 0 Å². The third-order valence-corrected chi connectivity index (χ3v) is 3.10. The molecule has 0 aromatic carbocycles. The fraction of sp³-hybridized carbons (Fsp3) is 0.500. The van der Waals surface area contributed by atoms with Gasteiger partial charge in [-0.1, -0.05) is 23.2 Å². The number of nitrogens with zero attached hydrogens (tertiary/aromatic N) is 2. The van der Waals surface area contributed by atoms with E-state index in [1.54, 1.807) is 12.3 Å². The third-order valence-electron chi connectivity index (χ3n) is 2.54. The fourth-order valence-corrected chi connectivity index (χ4v) is 2.17. The van der Waals surface area contributed by atoms with Gasteiger partial charge < -0.3 is 5.11 Å². The molecule has 0 radical (unpaired) electrons. The average molecular weight is 247 g/mol. The minimum atomic E-state index is -0.205. The molecule has 1 aliphatic rings. The number of hydrogen-bond donors (Lipinski definition) is 1. The van der Waals surface area contributed by atoms with E-state index in [1.165, 1.54) is 0 Å². The van der Waals surface area contributed by atoms with Gasteiger partial charge in [0.2, 0.25) is 0 Å². The number of aromatic nitrogens is 1. The summed E-state index contributed by atoms with van der Waals surface area (Å²) in [4.78, 5) is 6.15. The molecule has 0 amide bonds. The van der Waals surface area contributed by atoms with Crippen LogP contribution in [0.5, 0.6) is 0 Å². The Morgan fingerprint density at radius 3 is 2.93 bits per heavy atom. The van der Waals surface area contributed by atoms with Gasteiger partial charge in [0.15, 0.2) is 0 Å². The molecule has 0 unspecified atom stereocenters. The van der Waals surface area contributed by atoms with Crippen LogP contribution in [0, 0.1) is 0 Å². The second kappa shape index (κ2) is 4.66. The van der Waals surface area contributed by atoms with Gasteiger partial charge in [-0.25, -0.2) is 4.98 Å². The van der Waals surface area contributed by atoms with Crippen LogP contribution in [-0.4, -0.2) is 34.2 Å². The normalized spacial score (nSPS) is 22.2. The Hall–Kier alpha value is -0.350. The van der Waals surface area contributed by atoms with E-state index in [2.05, 4.69) is 9.88 Å². The van der Waals surface area contributed by atoms with Crippen molar-refractivity contribution in [1.29, 1.82) is 0 Å². The van der Waals surface area contributed by atoms with Gasteiger partial charge in [0.05, 0.1) is 6.10 Å². The van der Waals surface area contributed by atoms with E-state index < -0.39 is 0 Å². The molecule has 1 N–H and O–H groups in total. The van der Waals surface area contributed by atoms with Gasteiger partial charge in [-0.15, -0.1) is 0 Å².